The van der Waals surface area contributed by atoms with Gasteiger partial charge in [-0.05, 0) is 35.2 Å². The molecule has 0 atom stereocenters. The summed E-state index contributed by atoms with van der Waals surface area (Å²) in [5.41, 5.74) is 8.02. The maximum atomic E-state index is 5.46. The molecule has 1 aromatic carbocycles. The van der Waals surface area contributed by atoms with Crippen LogP contribution >= 0.6 is 0 Å². The highest BCUT2D eigenvalue weighted by Crippen LogP contribution is 2.10. The van der Waals surface area contributed by atoms with Gasteiger partial charge in [0, 0.05) is 6.42 Å². The highest BCUT2D eigenvalue weighted by atomic mass is 15.6. The number of benzene rings is 1. The number of tetrazole rings is 1. The van der Waals surface area contributed by atoms with E-state index in [1.807, 2.05) is 0 Å². The molecule has 102 valence electrons. The van der Waals surface area contributed by atoms with Crippen LogP contribution in [0.3, 0.4) is 0 Å². The summed E-state index contributed by atoms with van der Waals surface area (Å²) in [6.45, 7) is 5.66. The van der Waals surface area contributed by atoms with Crippen molar-refractivity contribution in [3.63, 3.8) is 0 Å². The molecule has 5 heteroatoms. The van der Waals surface area contributed by atoms with Crippen molar-refractivity contribution in [1.82, 2.24) is 20.2 Å². The van der Waals surface area contributed by atoms with E-state index in [9.17, 15) is 0 Å². The van der Waals surface area contributed by atoms with Crippen LogP contribution in [-0.2, 0) is 19.4 Å². The van der Waals surface area contributed by atoms with Gasteiger partial charge in [0.15, 0.2) is 5.82 Å². The number of nitrogens with two attached hydrogens (primary N) is 1. The van der Waals surface area contributed by atoms with Gasteiger partial charge in [0.25, 0.3) is 0 Å². The molecule has 0 bridgehead atoms. The minimum atomic E-state index is 0.551. The Morgan fingerprint density at radius 1 is 1.16 bits per heavy atom. The monoisotopic (exact) mass is 259 g/mol. The van der Waals surface area contributed by atoms with Crippen molar-refractivity contribution in [2.24, 2.45) is 11.7 Å². The molecule has 0 fully saturated rings. The lowest BCUT2D eigenvalue weighted by Crippen LogP contribution is -2.06. The smallest absolute Gasteiger partial charge is 0.176 e. The van der Waals surface area contributed by atoms with Crippen LogP contribution in [0.25, 0.3) is 0 Å². The first-order valence-corrected chi connectivity index (χ1v) is 6.72. The summed E-state index contributed by atoms with van der Waals surface area (Å²) < 4.78 is 0. The quantitative estimate of drug-likeness (QED) is 0.851. The van der Waals surface area contributed by atoms with E-state index in [0.29, 0.717) is 31.3 Å². The van der Waals surface area contributed by atoms with E-state index in [2.05, 4.69) is 53.5 Å². The standard InChI is InChI=1S/C14H21N5/c1-11(2)9-12-3-5-13(6-4-12)10-19-17-14(7-8-15)16-18-19/h3-6,11H,7-10,15H2,1-2H3. The van der Waals surface area contributed by atoms with E-state index in [-0.39, 0.29) is 0 Å². The minimum absolute atomic E-state index is 0.551. The van der Waals surface area contributed by atoms with Crippen LogP contribution in [0, 0.1) is 5.92 Å². The third kappa shape index (κ3) is 4.13. The minimum Gasteiger partial charge on any atom is -0.330 e. The maximum absolute atomic E-state index is 5.46. The van der Waals surface area contributed by atoms with Gasteiger partial charge in [-0.3, -0.25) is 0 Å². The Bertz CT molecular complexity index is 501. The predicted molar refractivity (Wildman–Crippen MR) is 74.7 cm³/mol. The lowest BCUT2D eigenvalue weighted by molar-refractivity contribution is 0.570. The fourth-order valence-electron chi connectivity index (χ4n) is 1.99. The average Bonchev–Trinajstić information content (AvgIpc) is 2.79. The normalized spacial score (nSPS) is 11.2. The molecule has 0 aliphatic heterocycles. The largest absolute Gasteiger partial charge is 0.330 e. The summed E-state index contributed by atoms with van der Waals surface area (Å²) in [6.07, 6.45) is 1.79. The van der Waals surface area contributed by atoms with E-state index >= 15 is 0 Å². The maximum Gasteiger partial charge on any atom is 0.176 e. The van der Waals surface area contributed by atoms with E-state index in [4.69, 9.17) is 5.73 Å². The Morgan fingerprint density at radius 3 is 2.47 bits per heavy atom. The molecular weight excluding hydrogens is 238 g/mol. The van der Waals surface area contributed by atoms with Gasteiger partial charge in [0.05, 0.1) is 6.54 Å². The van der Waals surface area contributed by atoms with Crippen molar-refractivity contribution in [3.05, 3.63) is 41.2 Å². The molecule has 0 unspecified atom stereocenters. The van der Waals surface area contributed by atoms with Crippen LogP contribution in [-0.4, -0.2) is 26.8 Å². The van der Waals surface area contributed by atoms with Crippen molar-refractivity contribution in [3.8, 4) is 0 Å². The van der Waals surface area contributed by atoms with E-state index < -0.39 is 0 Å². The Labute approximate surface area is 113 Å². The van der Waals surface area contributed by atoms with Gasteiger partial charge in [-0.2, -0.15) is 4.80 Å². The number of hydrogen-bond donors (Lipinski definition) is 1. The zero-order valence-electron chi connectivity index (χ0n) is 11.6. The molecule has 0 saturated heterocycles. The second kappa shape index (κ2) is 6.43. The Morgan fingerprint density at radius 2 is 1.84 bits per heavy atom. The number of aromatic nitrogens is 4. The topological polar surface area (TPSA) is 69.6 Å². The Kier molecular flexibility index (Phi) is 4.63. The molecule has 0 aliphatic rings. The summed E-state index contributed by atoms with van der Waals surface area (Å²) in [5.74, 6) is 1.39. The van der Waals surface area contributed by atoms with Crippen molar-refractivity contribution in [2.75, 3.05) is 6.54 Å². The molecule has 2 rings (SSSR count). The van der Waals surface area contributed by atoms with Gasteiger partial charge in [-0.1, -0.05) is 38.1 Å². The second-order valence-electron chi connectivity index (χ2n) is 5.19. The predicted octanol–water partition coefficient (Wildman–Crippen LogP) is 1.42. The second-order valence-corrected chi connectivity index (χ2v) is 5.19. The molecule has 0 radical (unpaired) electrons. The molecule has 19 heavy (non-hydrogen) atoms. The fraction of sp³-hybridized carbons (Fsp3) is 0.500. The van der Waals surface area contributed by atoms with Gasteiger partial charge in [0.1, 0.15) is 0 Å². The lowest BCUT2D eigenvalue weighted by Gasteiger charge is -2.06. The highest BCUT2D eigenvalue weighted by molar-refractivity contribution is 5.22. The van der Waals surface area contributed by atoms with Gasteiger partial charge in [-0.15, -0.1) is 10.2 Å². The SMILES string of the molecule is CC(C)Cc1ccc(Cn2nnc(CCN)n2)cc1. The zero-order valence-corrected chi connectivity index (χ0v) is 11.6. The first-order valence-electron chi connectivity index (χ1n) is 6.72. The molecular formula is C14H21N5. The van der Waals surface area contributed by atoms with E-state index in [1.165, 1.54) is 11.1 Å². The summed E-state index contributed by atoms with van der Waals surface area (Å²) in [6, 6.07) is 8.60. The summed E-state index contributed by atoms with van der Waals surface area (Å²) in [4.78, 5) is 1.61. The van der Waals surface area contributed by atoms with Crippen LogP contribution in [0.5, 0.6) is 0 Å². The van der Waals surface area contributed by atoms with E-state index in [0.717, 1.165) is 6.42 Å². The molecule has 0 saturated carbocycles. The fourth-order valence-corrected chi connectivity index (χ4v) is 1.99. The lowest BCUT2D eigenvalue weighted by atomic mass is 10.0. The van der Waals surface area contributed by atoms with Crippen molar-refractivity contribution in [2.45, 2.75) is 33.2 Å². The first kappa shape index (κ1) is 13.7. The third-order valence-electron chi connectivity index (χ3n) is 2.85. The molecule has 1 aromatic heterocycles. The van der Waals surface area contributed by atoms with Crippen molar-refractivity contribution >= 4 is 0 Å². The zero-order chi connectivity index (χ0) is 13.7. The van der Waals surface area contributed by atoms with E-state index in [1.54, 1.807) is 4.80 Å². The van der Waals surface area contributed by atoms with Crippen LogP contribution in [0.2, 0.25) is 0 Å². The van der Waals surface area contributed by atoms with Crippen LogP contribution in [0.1, 0.15) is 30.8 Å². The molecule has 0 amide bonds. The molecule has 2 aromatic rings. The van der Waals surface area contributed by atoms with Crippen LogP contribution < -0.4 is 5.73 Å². The highest BCUT2D eigenvalue weighted by Gasteiger charge is 2.03. The summed E-state index contributed by atoms with van der Waals surface area (Å²) >= 11 is 0. The molecule has 0 spiro atoms. The molecule has 1 heterocycles. The van der Waals surface area contributed by atoms with Crippen molar-refractivity contribution in [1.29, 1.82) is 0 Å². The molecule has 5 nitrogen and oxygen atoms in total. The van der Waals surface area contributed by atoms with Crippen LogP contribution in [0.15, 0.2) is 24.3 Å². The van der Waals surface area contributed by atoms with Gasteiger partial charge in [-0.25, -0.2) is 0 Å². The number of nitrogens with zero attached hydrogens (tertiary/aromatic N) is 4. The van der Waals surface area contributed by atoms with Crippen molar-refractivity contribution < 1.29 is 0 Å². The third-order valence-corrected chi connectivity index (χ3v) is 2.85. The Balaban J connectivity index is 1.98. The Hall–Kier alpha value is -1.75. The average molecular weight is 259 g/mol. The summed E-state index contributed by atoms with van der Waals surface area (Å²) in [7, 11) is 0. The molecule has 2 N–H and O–H groups in total. The number of rotatable bonds is 6. The van der Waals surface area contributed by atoms with Crippen LogP contribution in [0.4, 0.5) is 0 Å². The van der Waals surface area contributed by atoms with Gasteiger partial charge < -0.3 is 5.73 Å². The summed E-state index contributed by atoms with van der Waals surface area (Å²) in [5, 5.41) is 12.3. The van der Waals surface area contributed by atoms with Gasteiger partial charge >= 0.3 is 0 Å². The number of hydrogen-bond acceptors (Lipinski definition) is 4. The van der Waals surface area contributed by atoms with Gasteiger partial charge in [0.2, 0.25) is 0 Å². The first-order chi connectivity index (χ1) is 9.17. The molecule has 0 aliphatic carbocycles.